The van der Waals surface area contributed by atoms with Crippen molar-refractivity contribution in [1.82, 2.24) is 0 Å². The molecule has 1 N–H and O–H groups in total. The summed E-state index contributed by atoms with van der Waals surface area (Å²) < 4.78 is 18.3. The highest BCUT2D eigenvalue weighted by Gasteiger charge is 2.35. The molecule has 1 aliphatic carbocycles. The van der Waals surface area contributed by atoms with Gasteiger partial charge in [-0.25, -0.2) is 0 Å². The van der Waals surface area contributed by atoms with Crippen LogP contribution in [0.5, 0.6) is 0 Å². The average molecular weight is 847 g/mol. The van der Waals surface area contributed by atoms with Crippen molar-refractivity contribution in [2.75, 3.05) is 26.4 Å². The van der Waals surface area contributed by atoms with Gasteiger partial charge in [0.25, 0.3) is 0 Å². The number of carbonyl (C=O) groups is 1. The van der Waals surface area contributed by atoms with E-state index in [4.69, 9.17) is 14.2 Å². The third kappa shape index (κ3) is 31.9. The Morgan fingerprint density at radius 2 is 0.983 bits per heavy atom. The van der Waals surface area contributed by atoms with Crippen LogP contribution in [-0.2, 0) is 19.0 Å². The molecule has 0 saturated heterocycles. The summed E-state index contributed by atoms with van der Waals surface area (Å²) >= 11 is 0. The topological polar surface area (TPSA) is 65.0 Å². The number of rotatable bonds is 44. The maximum Gasteiger partial charge on any atom is 0.306 e. The van der Waals surface area contributed by atoms with Crippen LogP contribution in [0.3, 0.4) is 0 Å². The van der Waals surface area contributed by atoms with Crippen LogP contribution in [0, 0.1) is 35.5 Å². The standard InChI is InChI=1S/C55H106O5/c1-8-11-14-16-22-29-35-47(4)49(6)37-31-24-18-20-26-33-42-58-45-52(46-60-55(57)44-51-40-41-54(56)53(51)39-28-13-10-3)59-43-34-27-21-19-25-32-38-50(7)48(5)36-30-23-17-15-12-9-2/h13,28,47-54,56H,8-12,14-27,29-46H2,1-7H3/b28-13-/t47?,48?,49?,50?,51?,52?,53-,54?/m1/s1. The van der Waals surface area contributed by atoms with Crippen LogP contribution in [0.25, 0.3) is 0 Å². The summed E-state index contributed by atoms with van der Waals surface area (Å²) in [6.45, 7) is 18.8. The van der Waals surface area contributed by atoms with E-state index in [2.05, 4.69) is 60.6 Å². The summed E-state index contributed by atoms with van der Waals surface area (Å²) in [5.41, 5.74) is 0. The summed E-state index contributed by atoms with van der Waals surface area (Å²) in [4.78, 5) is 13.0. The molecule has 0 amide bonds. The Bertz CT molecular complexity index is 951. The number of ether oxygens (including phenoxy) is 3. The molecular weight excluding hydrogens is 741 g/mol. The Hall–Kier alpha value is -0.910. The number of unbranched alkanes of at least 4 members (excludes halogenated alkanes) is 20. The Labute approximate surface area is 375 Å². The largest absolute Gasteiger partial charge is 0.463 e. The molecule has 5 nitrogen and oxygen atoms in total. The van der Waals surface area contributed by atoms with Gasteiger partial charge < -0.3 is 19.3 Å². The molecule has 1 saturated carbocycles. The normalized spacial score (nSPS) is 19.5. The van der Waals surface area contributed by atoms with Crippen LogP contribution >= 0.6 is 0 Å². The van der Waals surface area contributed by atoms with Gasteiger partial charge in [-0.3, -0.25) is 4.79 Å². The van der Waals surface area contributed by atoms with Gasteiger partial charge in [0.1, 0.15) is 12.7 Å². The first kappa shape index (κ1) is 57.1. The summed E-state index contributed by atoms with van der Waals surface area (Å²) in [6.07, 6.45) is 45.1. The Morgan fingerprint density at radius 1 is 0.550 bits per heavy atom. The molecule has 0 aromatic carbocycles. The third-order valence-electron chi connectivity index (χ3n) is 14.5. The van der Waals surface area contributed by atoms with E-state index in [1.165, 1.54) is 167 Å². The average Bonchev–Trinajstić information content (AvgIpc) is 3.58. The fourth-order valence-corrected chi connectivity index (χ4v) is 9.50. The van der Waals surface area contributed by atoms with E-state index in [-0.39, 0.29) is 36.6 Å². The van der Waals surface area contributed by atoms with Crippen LogP contribution in [0.15, 0.2) is 12.2 Å². The number of esters is 1. The third-order valence-corrected chi connectivity index (χ3v) is 14.5. The van der Waals surface area contributed by atoms with Crippen LogP contribution in [-0.4, -0.2) is 49.7 Å². The quantitative estimate of drug-likeness (QED) is 0.0376. The lowest BCUT2D eigenvalue weighted by Crippen LogP contribution is -2.29. The van der Waals surface area contributed by atoms with E-state index in [1.807, 2.05) is 0 Å². The molecule has 0 aliphatic heterocycles. The lowest BCUT2D eigenvalue weighted by molar-refractivity contribution is -0.151. The van der Waals surface area contributed by atoms with Crippen molar-refractivity contribution < 1.29 is 24.1 Å². The van der Waals surface area contributed by atoms with Gasteiger partial charge >= 0.3 is 5.97 Å². The zero-order valence-electron chi connectivity index (χ0n) is 41.5. The van der Waals surface area contributed by atoms with Gasteiger partial charge in [0.05, 0.1) is 12.7 Å². The summed E-state index contributed by atoms with van der Waals surface area (Å²) in [5.74, 6) is 3.56. The van der Waals surface area contributed by atoms with Crippen LogP contribution in [0.2, 0.25) is 0 Å². The van der Waals surface area contributed by atoms with E-state index >= 15 is 0 Å². The van der Waals surface area contributed by atoms with Crippen molar-refractivity contribution in [3.05, 3.63) is 12.2 Å². The van der Waals surface area contributed by atoms with Gasteiger partial charge in [-0.2, -0.15) is 0 Å². The Morgan fingerprint density at radius 3 is 1.45 bits per heavy atom. The number of hydrogen-bond donors (Lipinski definition) is 1. The maximum atomic E-state index is 13.0. The maximum absolute atomic E-state index is 13.0. The lowest BCUT2D eigenvalue weighted by Gasteiger charge is -2.22. The molecule has 1 fully saturated rings. The van der Waals surface area contributed by atoms with E-state index in [0.29, 0.717) is 19.6 Å². The smallest absolute Gasteiger partial charge is 0.306 e. The minimum Gasteiger partial charge on any atom is -0.463 e. The molecule has 60 heavy (non-hydrogen) atoms. The fraction of sp³-hybridized carbons (Fsp3) is 0.945. The number of aliphatic hydroxyl groups excluding tert-OH is 1. The van der Waals surface area contributed by atoms with Crippen molar-refractivity contribution in [2.24, 2.45) is 35.5 Å². The van der Waals surface area contributed by atoms with Crippen molar-refractivity contribution in [3.8, 4) is 0 Å². The molecule has 0 spiro atoms. The highest BCUT2D eigenvalue weighted by atomic mass is 16.6. The molecule has 0 aromatic rings. The zero-order valence-corrected chi connectivity index (χ0v) is 41.5. The molecule has 0 heterocycles. The molecule has 0 radical (unpaired) electrons. The van der Waals surface area contributed by atoms with E-state index in [1.54, 1.807) is 0 Å². The highest BCUT2D eigenvalue weighted by Crippen LogP contribution is 2.37. The van der Waals surface area contributed by atoms with Crippen molar-refractivity contribution >= 4 is 5.97 Å². The fourth-order valence-electron chi connectivity index (χ4n) is 9.50. The number of allylic oxidation sites excluding steroid dienone is 2. The first-order valence-corrected chi connectivity index (χ1v) is 26.9. The van der Waals surface area contributed by atoms with E-state index in [0.717, 1.165) is 68.8 Å². The predicted molar refractivity (Wildman–Crippen MR) is 260 cm³/mol. The molecule has 5 heteroatoms. The first-order valence-electron chi connectivity index (χ1n) is 26.9. The SMILES string of the molecule is CC/C=C\C[C@H]1C(O)CCC1CC(=O)OCC(COCCCCCCCCC(C)C(C)CCCCCCCC)OCCCCCCCCC(C)C(C)CCCCCCCC. The van der Waals surface area contributed by atoms with Gasteiger partial charge in [0.15, 0.2) is 0 Å². The second-order valence-corrected chi connectivity index (χ2v) is 20.0. The summed E-state index contributed by atoms with van der Waals surface area (Å²) in [5, 5.41) is 10.6. The number of aliphatic hydroxyl groups is 1. The van der Waals surface area contributed by atoms with Gasteiger partial charge in [0.2, 0.25) is 0 Å². The molecule has 356 valence electrons. The summed E-state index contributed by atoms with van der Waals surface area (Å²) in [6, 6.07) is 0. The summed E-state index contributed by atoms with van der Waals surface area (Å²) in [7, 11) is 0. The Kier molecular flexibility index (Phi) is 38.9. The molecular formula is C55H106O5. The minimum absolute atomic E-state index is 0.143. The second-order valence-electron chi connectivity index (χ2n) is 20.0. The molecule has 1 rings (SSSR count). The molecule has 1 aliphatic rings. The zero-order chi connectivity index (χ0) is 43.9. The molecule has 0 bridgehead atoms. The lowest BCUT2D eigenvalue weighted by atomic mass is 9.86. The first-order chi connectivity index (χ1) is 29.2. The monoisotopic (exact) mass is 847 g/mol. The Balaban J connectivity index is 2.33. The van der Waals surface area contributed by atoms with Gasteiger partial charge in [-0.05, 0) is 74.0 Å². The highest BCUT2D eigenvalue weighted by molar-refractivity contribution is 5.69. The molecule has 7 unspecified atom stereocenters. The molecule has 8 atom stereocenters. The van der Waals surface area contributed by atoms with E-state index < -0.39 is 0 Å². The number of carbonyl (C=O) groups excluding carboxylic acids is 1. The van der Waals surface area contributed by atoms with Crippen LogP contribution < -0.4 is 0 Å². The minimum atomic E-state index is -0.321. The van der Waals surface area contributed by atoms with Crippen molar-refractivity contribution in [3.63, 3.8) is 0 Å². The second kappa shape index (κ2) is 40.8. The van der Waals surface area contributed by atoms with Gasteiger partial charge in [0, 0.05) is 19.6 Å². The van der Waals surface area contributed by atoms with Crippen molar-refractivity contribution in [2.45, 2.75) is 273 Å². The van der Waals surface area contributed by atoms with Crippen LogP contribution in [0.4, 0.5) is 0 Å². The van der Waals surface area contributed by atoms with E-state index in [9.17, 15) is 9.90 Å². The van der Waals surface area contributed by atoms with Gasteiger partial charge in [-0.15, -0.1) is 0 Å². The predicted octanol–water partition coefficient (Wildman–Crippen LogP) is 16.6. The molecule has 0 aromatic heterocycles. The number of hydrogen-bond acceptors (Lipinski definition) is 5. The van der Waals surface area contributed by atoms with Crippen LogP contribution in [0.1, 0.15) is 260 Å². The van der Waals surface area contributed by atoms with Crippen molar-refractivity contribution in [1.29, 1.82) is 0 Å². The van der Waals surface area contributed by atoms with Gasteiger partial charge in [-0.1, -0.05) is 228 Å².